The Labute approximate surface area is 166 Å². The van der Waals surface area contributed by atoms with Crippen LogP contribution in [0.4, 0.5) is 0 Å². The zero-order chi connectivity index (χ0) is 19.6. The van der Waals surface area contributed by atoms with Crippen molar-refractivity contribution in [3.05, 3.63) is 53.7 Å². The van der Waals surface area contributed by atoms with Crippen LogP contribution in [0.25, 0.3) is 0 Å². The van der Waals surface area contributed by atoms with Gasteiger partial charge in [0, 0.05) is 25.4 Å². The van der Waals surface area contributed by atoms with Crippen LogP contribution in [0.3, 0.4) is 0 Å². The number of hydrogen-bond acceptors (Lipinski definition) is 5. The van der Waals surface area contributed by atoms with E-state index in [-0.39, 0.29) is 12.0 Å². The summed E-state index contributed by atoms with van der Waals surface area (Å²) in [6.07, 6.45) is 6.58. The van der Waals surface area contributed by atoms with Gasteiger partial charge in [0.25, 0.3) is 5.91 Å². The fourth-order valence-corrected chi connectivity index (χ4v) is 3.21. The van der Waals surface area contributed by atoms with E-state index in [1.165, 1.54) is 12.8 Å². The van der Waals surface area contributed by atoms with E-state index in [0.29, 0.717) is 43.6 Å². The maximum absolute atomic E-state index is 12.6. The molecule has 0 saturated heterocycles. The first-order valence-corrected chi connectivity index (χ1v) is 9.95. The molecule has 6 nitrogen and oxygen atoms in total. The number of carbonyl (C=O) groups excluding carboxylic acids is 1. The molecule has 0 radical (unpaired) electrons. The fourth-order valence-electron chi connectivity index (χ4n) is 3.21. The summed E-state index contributed by atoms with van der Waals surface area (Å²) in [5, 5.41) is 2.94. The van der Waals surface area contributed by atoms with E-state index in [0.717, 1.165) is 18.4 Å². The monoisotopic (exact) mass is 384 g/mol. The Balaban J connectivity index is 1.55. The van der Waals surface area contributed by atoms with Gasteiger partial charge in [-0.3, -0.25) is 4.79 Å². The molecule has 1 heterocycles. The van der Waals surface area contributed by atoms with Crippen molar-refractivity contribution in [3.63, 3.8) is 0 Å². The number of para-hydroxylation sites is 1. The standard InChI is InChI=1S/C22H28N2O4/c1-2-26-13-14-27-20-10-6-5-9-19(20)22(25)24-16-17-11-12-23-21(15-17)28-18-7-3-4-8-18/h5-6,9-12,15,18H,2-4,7-8,13-14,16H2,1H3,(H,24,25). The van der Waals surface area contributed by atoms with E-state index in [1.54, 1.807) is 18.3 Å². The molecular weight excluding hydrogens is 356 g/mol. The predicted molar refractivity (Wildman–Crippen MR) is 107 cm³/mol. The first kappa shape index (κ1) is 20.1. The van der Waals surface area contributed by atoms with Crippen LogP contribution in [0.5, 0.6) is 11.6 Å². The highest BCUT2D eigenvalue weighted by atomic mass is 16.5. The molecule has 6 heteroatoms. The highest BCUT2D eigenvalue weighted by Gasteiger charge is 2.17. The molecule has 1 N–H and O–H groups in total. The molecule has 0 atom stereocenters. The lowest BCUT2D eigenvalue weighted by Crippen LogP contribution is -2.24. The van der Waals surface area contributed by atoms with Gasteiger partial charge in [-0.15, -0.1) is 0 Å². The molecule has 1 amide bonds. The Hall–Kier alpha value is -2.60. The summed E-state index contributed by atoms with van der Waals surface area (Å²) in [6.45, 7) is 3.88. The van der Waals surface area contributed by atoms with Crippen molar-refractivity contribution < 1.29 is 19.0 Å². The first-order chi connectivity index (χ1) is 13.8. The third-order valence-corrected chi connectivity index (χ3v) is 4.66. The quantitative estimate of drug-likeness (QED) is 0.632. The van der Waals surface area contributed by atoms with Gasteiger partial charge in [0.1, 0.15) is 18.5 Å². The second-order valence-corrected chi connectivity index (χ2v) is 6.75. The summed E-state index contributed by atoms with van der Waals surface area (Å²) in [7, 11) is 0. The Morgan fingerprint density at radius 1 is 1.18 bits per heavy atom. The van der Waals surface area contributed by atoms with E-state index in [9.17, 15) is 4.79 Å². The van der Waals surface area contributed by atoms with E-state index >= 15 is 0 Å². The number of pyridine rings is 1. The number of rotatable bonds is 10. The number of nitrogens with one attached hydrogen (secondary N) is 1. The number of amides is 1. The summed E-state index contributed by atoms with van der Waals surface area (Å²) < 4.78 is 16.9. The summed E-state index contributed by atoms with van der Waals surface area (Å²) in [5.74, 6) is 1.00. The lowest BCUT2D eigenvalue weighted by atomic mass is 10.2. The topological polar surface area (TPSA) is 69.7 Å². The van der Waals surface area contributed by atoms with Crippen LogP contribution >= 0.6 is 0 Å². The first-order valence-electron chi connectivity index (χ1n) is 9.95. The van der Waals surface area contributed by atoms with Crippen LogP contribution in [0.1, 0.15) is 48.5 Å². The number of ether oxygens (including phenoxy) is 3. The highest BCUT2D eigenvalue weighted by Crippen LogP contribution is 2.23. The number of carbonyl (C=O) groups is 1. The SMILES string of the molecule is CCOCCOc1ccccc1C(=O)NCc1ccnc(OC2CCCC2)c1. The molecule has 0 spiro atoms. The molecule has 2 aromatic rings. The Morgan fingerprint density at radius 3 is 2.82 bits per heavy atom. The van der Waals surface area contributed by atoms with Crippen LogP contribution in [0.15, 0.2) is 42.6 Å². The predicted octanol–water partition coefficient (Wildman–Crippen LogP) is 3.75. The third-order valence-electron chi connectivity index (χ3n) is 4.66. The van der Waals surface area contributed by atoms with Crippen molar-refractivity contribution in [2.75, 3.05) is 19.8 Å². The highest BCUT2D eigenvalue weighted by molar-refractivity contribution is 5.96. The number of hydrogen-bond donors (Lipinski definition) is 1. The summed E-state index contributed by atoms with van der Waals surface area (Å²) >= 11 is 0. The molecule has 1 aromatic carbocycles. The normalized spacial score (nSPS) is 14.0. The lowest BCUT2D eigenvalue weighted by Gasteiger charge is -2.14. The van der Waals surface area contributed by atoms with Crippen LogP contribution in [-0.2, 0) is 11.3 Å². The number of benzene rings is 1. The smallest absolute Gasteiger partial charge is 0.255 e. The maximum Gasteiger partial charge on any atom is 0.255 e. The summed E-state index contributed by atoms with van der Waals surface area (Å²) in [4.78, 5) is 16.9. The minimum Gasteiger partial charge on any atom is -0.490 e. The molecule has 0 bridgehead atoms. The van der Waals surface area contributed by atoms with Gasteiger partial charge in [-0.05, 0) is 56.4 Å². The average molecular weight is 384 g/mol. The zero-order valence-corrected chi connectivity index (χ0v) is 16.4. The van der Waals surface area contributed by atoms with Crippen LogP contribution < -0.4 is 14.8 Å². The van der Waals surface area contributed by atoms with Gasteiger partial charge >= 0.3 is 0 Å². The van der Waals surface area contributed by atoms with Gasteiger partial charge in [-0.25, -0.2) is 4.98 Å². The van der Waals surface area contributed by atoms with Gasteiger partial charge in [0.2, 0.25) is 5.88 Å². The second-order valence-electron chi connectivity index (χ2n) is 6.75. The van der Waals surface area contributed by atoms with E-state index < -0.39 is 0 Å². The minimum atomic E-state index is -0.179. The van der Waals surface area contributed by atoms with Crippen molar-refractivity contribution in [1.82, 2.24) is 10.3 Å². The molecule has 150 valence electrons. The molecule has 1 aliphatic carbocycles. The maximum atomic E-state index is 12.6. The number of aromatic nitrogens is 1. The Bertz CT molecular complexity index is 760. The minimum absolute atomic E-state index is 0.179. The van der Waals surface area contributed by atoms with Crippen LogP contribution in [-0.4, -0.2) is 36.8 Å². The Morgan fingerprint density at radius 2 is 2.00 bits per heavy atom. The second kappa shape index (κ2) is 10.7. The van der Waals surface area contributed by atoms with Gasteiger partial charge in [-0.2, -0.15) is 0 Å². The van der Waals surface area contributed by atoms with Crippen LogP contribution in [0.2, 0.25) is 0 Å². The number of nitrogens with zero attached hydrogens (tertiary/aromatic N) is 1. The van der Waals surface area contributed by atoms with Crippen molar-refractivity contribution in [1.29, 1.82) is 0 Å². The third kappa shape index (κ3) is 5.96. The van der Waals surface area contributed by atoms with Gasteiger partial charge in [0.15, 0.2) is 0 Å². The molecule has 0 unspecified atom stereocenters. The molecule has 1 aromatic heterocycles. The molecule has 1 aliphatic rings. The molecule has 28 heavy (non-hydrogen) atoms. The Kier molecular flexibility index (Phi) is 7.67. The zero-order valence-electron chi connectivity index (χ0n) is 16.4. The van der Waals surface area contributed by atoms with Crippen molar-refractivity contribution >= 4 is 5.91 Å². The van der Waals surface area contributed by atoms with E-state index in [1.807, 2.05) is 31.2 Å². The van der Waals surface area contributed by atoms with Crippen molar-refractivity contribution in [2.24, 2.45) is 0 Å². The van der Waals surface area contributed by atoms with Gasteiger partial charge < -0.3 is 19.5 Å². The summed E-state index contributed by atoms with van der Waals surface area (Å²) in [5.41, 5.74) is 1.46. The van der Waals surface area contributed by atoms with E-state index in [4.69, 9.17) is 14.2 Å². The van der Waals surface area contributed by atoms with Crippen molar-refractivity contribution in [2.45, 2.75) is 45.3 Å². The summed E-state index contributed by atoms with van der Waals surface area (Å²) in [6, 6.07) is 11.0. The molecule has 0 aliphatic heterocycles. The van der Waals surface area contributed by atoms with Crippen molar-refractivity contribution in [3.8, 4) is 11.6 Å². The lowest BCUT2D eigenvalue weighted by molar-refractivity contribution is 0.0934. The van der Waals surface area contributed by atoms with Gasteiger partial charge in [-0.1, -0.05) is 12.1 Å². The molecule has 1 saturated carbocycles. The van der Waals surface area contributed by atoms with E-state index in [2.05, 4.69) is 10.3 Å². The molecule has 1 fully saturated rings. The largest absolute Gasteiger partial charge is 0.490 e. The average Bonchev–Trinajstić information content (AvgIpc) is 3.23. The molecule has 3 rings (SSSR count). The molecular formula is C22H28N2O4. The van der Waals surface area contributed by atoms with Gasteiger partial charge in [0.05, 0.1) is 12.2 Å². The van der Waals surface area contributed by atoms with Crippen LogP contribution in [0, 0.1) is 0 Å². The fraction of sp³-hybridized carbons (Fsp3) is 0.455.